The van der Waals surface area contributed by atoms with Gasteiger partial charge in [-0.15, -0.1) is 0 Å². The SMILES string of the molecule is CN1[C@@H]2CC[C@H]1CC(C(CCCCCCCC(=O)O)(C(=O)O)C1C[C@H]3CC[C@@H](C1)N3C)C2. The third-order valence-corrected chi connectivity index (χ3v) is 10.0. The number of carboxylic acids is 2. The lowest BCUT2D eigenvalue weighted by atomic mass is 9.57. The largest absolute Gasteiger partial charge is 0.481 e. The van der Waals surface area contributed by atoms with Crippen molar-refractivity contribution in [2.75, 3.05) is 14.1 Å². The van der Waals surface area contributed by atoms with E-state index in [1.54, 1.807) is 0 Å². The molecule has 0 spiro atoms. The summed E-state index contributed by atoms with van der Waals surface area (Å²) >= 11 is 0. The number of carboxylic acid groups (broad SMARTS) is 2. The van der Waals surface area contributed by atoms with Gasteiger partial charge >= 0.3 is 11.9 Å². The number of hydrogen-bond donors (Lipinski definition) is 2. The average Bonchev–Trinajstić information content (AvgIpc) is 3.08. The van der Waals surface area contributed by atoms with Crippen molar-refractivity contribution < 1.29 is 19.8 Å². The Morgan fingerprint density at radius 2 is 1.12 bits per heavy atom. The fraction of sp³-hybridized carbons (Fsp3) is 0.923. The van der Waals surface area contributed by atoms with Crippen LogP contribution < -0.4 is 0 Å². The number of hydrogen-bond acceptors (Lipinski definition) is 4. The van der Waals surface area contributed by atoms with Gasteiger partial charge in [0.15, 0.2) is 0 Å². The van der Waals surface area contributed by atoms with Crippen LogP contribution in [0.2, 0.25) is 0 Å². The Hall–Kier alpha value is -1.14. The highest BCUT2D eigenvalue weighted by Crippen LogP contribution is 2.56. The molecule has 0 saturated carbocycles. The quantitative estimate of drug-likeness (QED) is 0.449. The summed E-state index contributed by atoms with van der Waals surface area (Å²) in [5.74, 6) is -0.642. The molecule has 4 fully saturated rings. The first-order valence-electron chi connectivity index (χ1n) is 13.2. The van der Waals surface area contributed by atoms with Crippen molar-refractivity contribution >= 4 is 11.9 Å². The lowest BCUT2D eigenvalue weighted by Gasteiger charge is -2.51. The molecule has 0 aromatic heterocycles. The van der Waals surface area contributed by atoms with Gasteiger partial charge in [0.05, 0.1) is 5.41 Å². The molecule has 0 radical (unpaired) electrons. The number of fused-ring (bicyclic) bond motifs is 4. The van der Waals surface area contributed by atoms with E-state index in [1.165, 1.54) is 25.7 Å². The van der Waals surface area contributed by atoms with Crippen molar-refractivity contribution in [1.82, 2.24) is 9.80 Å². The fourth-order valence-corrected chi connectivity index (χ4v) is 8.09. The summed E-state index contributed by atoms with van der Waals surface area (Å²) in [7, 11) is 4.49. The molecule has 0 aliphatic carbocycles. The van der Waals surface area contributed by atoms with Gasteiger partial charge < -0.3 is 20.0 Å². The van der Waals surface area contributed by atoms with Crippen LogP contribution in [0.4, 0.5) is 0 Å². The minimum Gasteiger partial charge on any atom is -0.481 e. The molecule has 182 valence electrons. The standard InChI is InChI=1S/C26H44N2O4/c1-27-20-9-10-21(27)15-18(14-20)26(25(31)32,13-7-5-3-4-6-8-24(29)30)19-16-22-11-12-23(17-19)28(22)2/h18-23H,3-17H2,1-2H3,(H,29,30)(H,31,32)/t18?,19?,20-,21+,22-,23+,26?. The summed E-state index contributed by atoms with van der Waals surface area (Å²) in [6.45, 7) is 0. The minimum atomic E-state index is -0.719. The van der Waals surface area contributed by atoms with Crippen LogP contribution in [0.3, 0.4) is 0 Å². The van der Waals surface area contributed by atoms with Gasteiger partial charge in [-0.25, -0.2) is 0 Å². The van der Waals surface area contributed by atoms with Crippen LogP contribution in [0.1, 0.15) is 96.3 Å². The molecule has 4 saturated heterocycles. The van der Waals surface area contributed by atoms with Gasteiger partial charge in [-0.1, -0.05) is 25.7 Å². The van der Waals surface area contributed by atoms with Gasteiger partial charge in [0, 0.05) is 30.6 Å². The minimum absolute atomic E-state index is 0.246. The topological polar surface area (TPSA) is 81.1 Å². The van der Waals surface area contributed by atoms with E-state index in [2.05, 4.69) is 23.9 Å². The molecule has 6 atom stereocenters. The van der Waals surface area contributed by atoms with Gasteiger partial charge in [-0.3, -0.25) is 9.59 Å². The smallest absolute Gasteiger partial charge is 0.310 e. The van der Waals surface area contributed by atoms with Crippen molar-refractivity contribution in [1.29, 1.82) is 0 Å². The van der Waals surface area contributed by atoms with E-state index in [0.717, 1.165) is 64.2 Å². The first-order chi connectivity index (χ1) is 15.3. The third-order valence-electron chi connectivity index (χ3n) is 10.0. The van der Waals surface area contributed by atoms with E-state index < -0.39 is 17.4 Å². The maximum atomic E-state index is 13.2. The van der Waals surface area contributed by atoms with E-state index in [0.29, 0.717) is 36.0 Å². The summed E-state index contributed by atoms with van der Waals surface area (Å²) in [5, 5.41) is 19.7. The molecular formula is C26H44N2O4. The maximum absolute atomic E-state index is 13.2. The molecule has 4 rings (SSSR count). The predicted octanol–water partition coefficient (Wildman–Crippen LogP) is 4.62. The highest BCUT2D eigenvalue weighted by atomic mass is 16.4. The van der Waals surface area contributed by atoms with Crippen LogP contribution in [-0.2, 0) is 9.59 Å². The van der Waals surface area contributed by atoms with Crippen molar-refractivity contribution in [2.24, 2.45) is 17.3 Å². The van der Waals surface area contributed by atoms with Crippen molar-refractivity contribution in [3.8, 4) is 0 Å². The Balaban J connectivity index is 1.47. The molecule has 2 N–H and O–H groups in total. The Kier molecular flexibility index (Phi) is 7.50. The number of rotatable bonds is 11. The Morgan fingerprint density at radius 1 is 0.719 bits per heavy atom. The first-order valence-corrected chi connectivity index (χ1v) is 13.2. The zero-order valence-corrected chi connectivity index (χ0v) is 20.2. The van der Waals surface area contributed by atoms with Gasteiger partial charge in [-0.2, -0.15) is 0 Å². The van der Waals surface area contributed by atoms with Crippen molar-refractivity contribution in [3.63, 3.8) is 0 Å². The van der Waals surface area contributed by atoms with Gasteiger partial charge in [0.2, 0.25) is 0 Å². The maximum Gasteiger partial charge on any atom is 0.310 e. The highest BCUT2D eigenvalue weighted by Gasteiger charge is 2.57. The molecular weight excluding hydrogens is 404 g/mol. The summed E-state index contributed by atoms with van der Waals surface area (Å²) in [6, 6.07) is 2.26. The molecule has 0 aromatic rings. The zero-order valence-electron chi connectivity index (χ0n) is 20.2. The number of unbranched alkanes of at least 4 members (excludes halogenated alkanes) is 4. The number of carbonyl (C=O) groups is 2. The molecule has 6 heteroatoms. The van der Waals surface area contributed by atoms with E-state index in [4.69, 9.17) is 5.11 Å². The van der Waals surface area contributed by atoms with Gasteiger partial charge in [-0.05, 0) is 90.1 Å². The number of nitrogens with zero attached hydrogens (tertiary/aromatic N) is 2. The normalized spacial score (nSPS) is 36.8. The monoisotopic (exact) mass is 448 g/mol. The molecule has 4 aliphatic rings. The molecule has 6 nitrogen and oxygen atoms in total. The summed E-state index contributed by atoms with van der Waals surface area (Å²) in [6.07, 6.45) is 14.9. The molecule has 2 unspecified atom stereocenters. The summed E-state index contributed by atoms with van der Waals surface area (Å²) < 4.78 is 0. The molecule has 4 heterocycles. The van der Waals surface area contributed by atoms with E-state index in [9.17, 15) is 14.7 Å². The third kappa shape index (κ3) is 4.59. The molecule has 0 aromatic carbocycles. The van der Waals surface area contributed by atoms with Crippen LogP contribution in [-0.4, -0.2) is 70.2 Å². The van der Waals surface area contributed by atoms with Crippen molar-refractivity contribution in [2.45, 2.75) is 120 Å². The number of piperidine rings is 2. The second-order valence-electron chi connectivity index (χ2n) is 11.4. The number of aliphatic carboxylic acids is 2. The van der Waals surface area contributed by atoms with E-state index in [1.807, 2.05) is 0 Å². The predicted molar refractivity (Wildman–Crippen MR) is 125 cm³/mol. The Morgan fingerprint density at radius 3 is 1.53 bits per heavy atom. The Labute approximate surface area is 193 Å². The lowest BCUT2D eigenvalue weighted by Crippen LogP contribution is -2.55. The van der Waals surface area contributed by atoms with Crippen LogP contribution >= 0.6 is 0 Å². The summed E-state index contributed by atoms with van der Waals surface area (Å²) in [4.78, 5) is 29.0. The van der Waals surface area contributed by atoms with Crippen LogP contribution in [0, 0.1) is 17.3 Å². The van der Waals surface area contributed by atoms with Gasteiger partial charge in [0.25, 0.3) is 0 Å². The average molecular weight is 449 g/mol. The van der Waals surface area contributed by atoms with Gasteiger partial charge in [0.1, 0.15) is 0 Å². The molecule has 0 amide bonds. The lowest BCUT2D eigenvalue weighted by molar-refractivity contribution is -0.164. The highest BCUT2D eigenvalue weighted by molar-refractivity contribution is 5.75. The van der Waals surface area contributed by atoms with Crippen molar-refractivity contribution in [3.05, 3.63) is 0 Å². The fourth-order valence-electron chi connectivity index (χ4n) is 8.09. The van der Waals surface area contributed by atoms with E-state index in [-0.39, 0.29) is 6.42 Å². The van der Waals surface area contributed by atoms with Crippen LogP contribution in [0.25, 0.3) is 0 Å². The Bertz CT molecular complexity index is 621. The van der Waals surface area contributed by atoms with Crippen LogP contribution in [0.5, 0.6) is 0 Å². The first kappa shape index (κ1) is 24.0. The zero-order chi connectivity index (χ0) is 22.9. The second kappa shape index (κ2) is 10.0. The molecule has 4 bridgehead atoms. The van der Waals surface area contributed by atoms with Crippen LogP contribution in [0.15, 0.2) is 0 Å². The second-order valence-corrected chi connectivity index (χ2v) is 11.4. The van der Waals surface area contributed by atoms with E-state index >= 15 is 0 Å². The molecule has 4 aliphatic heterocycles. The summed E-state index contributed by atoms with van der Waals surface area (Å²) in [5.41, 5.74) is -0.578. The molecule has 32 heavy (non-hydrogen) atoms.